The van der Waals surface area contributed by atoms with Crippen molar-refractivity contribution in [3.63, 3.8) is 0 Å². The normalized spacial score (nSPS) is 14.0. The molecule has 6 heteroatoms. The van der Waals surface area contributed by atoms with Gasteiger partial charge in [-0.1, -0.05) is 22.0 Å². The number of anilines is 1. The molecule has 2 N–H and O–H groups in total. The van der Waals surface area contributed by atoms with Gasteiger partial charge in [0, 0.05) is 15.6 Å². The van der Waals surface area contributed by atoms with Crippen LogP contribution in [0.1, 0.15) is 40.6 Å². The highest BCUT2D eigenvalue weighted by molar-refractivity contribution is 9.10. The van der Waals surface area contributed by atoms with Crippen molar-refractivity contribution >= 4 is 39.0 Å². The summed E-state index contributed by atoms with van der Waals surface area (Å²) in [5.41, 5.74) is 12.4. The Labute approximate surface area is 182 Å². The number of aromatic nitrogens is 1. The second-order valence-corrected chi connectivity index (χ2v) is 8.04. The number of hydrogen-bond donors (Lipinski definition) is 1. The van der Waals surface area contributed by atoms with Crippen LogP contribution >= 0.6 is 15.9 Å². The minimum atomic E-state index is 0.139. The predicted octanol–water partition coefficient (Wildman–Crippen LogP) is 6.03. The van der Waals surface area contributed by atoms with E-state index in [1.54, 1.807) is 0 Å². The van der Waals surface area contributed by atoms with Gasteiger partial charge < -0.3 is 10.2 Å². The van der Waals surface area contributed by atoms with Crippen LogP contribution in [0.15, 0.2) is 44.8 Å². The summed E-state index contributed by atoms with van der Waals surface area (Å²) in [6, 6.07) is 14.2. The predicted molar refractivity (Wildman–Crippen MR) is 121 cm³/mol. The Bertz CT molecular complexity index is 1360. The molecular formula is C24H17BrN4O. The average molecular weight is 457 g/mol. The first-order valence-corrected chi connectivity index (χ1v) is 10.0. The molecule has 0 saturated heterocycles. The lowest BCUT2D eigenvalue weighted by Gasteiger charge is -2.10. The van der Waals surface area contributed by atoms with Crippen LogP contribution in [0.5, 0.6) is 0 Å². The molecule has 0 radical (unpaired) electrons. The van der Waals surface area contributed by atoms with E-state index in [1.807, 2.05) is 57.2 Å². The van der Waals surface area contributed by atoms with Gasteiger partial charge in [-0.15, -0.1) is 0 Å². The van der Waals surface area contributed by atoms with Crippen molar-refractivity contribution in [2.45, 2.75) is 20.8 Å². The van der Waals surface area contributed by atoms with E-state index in [9.17, 15) is 10.5 Å². The zero-order valence-electron chi connectivity index (χ0n) is 16.7. The molecule has 0 fully saturated rings. The lowest BCUT2D eigenvalue weighted by atomic mass is 9.96. The SMILES string of the molecule is CC1=C(C#N)c2nc(N)c(C#N)c(C)c2/C1=C/c1ccc(-c2ccc(C)cc2Br)o1. The Morgan fingerprint density at radius 1 is 1.10 bits per heavy atom. The summed E-state index contributed by atoms with van der Waals surface area (Å²) < 4.78 is 7.04. The number of nitrogens with zero attached hydrogens (tertiary/aromatic N) is 3. The van der Waals surface area contributed by atoms with Crippen molar-refractivity contribution < 1.29 is 4.42 Å². The molecule has 2 heterocycles. The third-order valence-corrected chi connectivity index (χ3v) is 5.94. The van der Waals surface area contributed by atoms with Gasteiger partial charge in [0.25, 0.3) is 0 Å². The first kappa shape index (κ1) is 19.7. The van der Waals surface area contributed by atoms with Crippen LogP contribution in [0.2, 0.25) is 0 Å². The maximum absolute atomic E-state index is 9.67. The Hall–Kier alpha value is -3.61. The summed E-state index contributed by atoms with van der Waals surface area (Å²) in [5, 5.41) is 19.2. The molecule has 4 rings (SSSR count). The maximum atomic E-state index is 9.67. The van der Waals surface area contributed by atoms with Crippen LogP contribution in [0, 0.1) is 36.5 Å². The highest BCUT2D eigenvalue weighted by Crippen LogP contribution is 2.44. The van der Waals surface area contributed by atoms with E-state index in [2.05, 4.69) is 33.1 Å². The minimum Gasteiger partial charge on any atom is -0.457 e. The second kappa shape index (κ2) is 7.33. The number of allylic oxidation sites excluding steroid dienone is 3. The van der Waals surface area contributed by atoms with Crippen molar-refractivity contribution in [3.8, 4) is 23.5 Å². The van der Waals surface area contributed by atoms with Gasteiger partial charge in [0.15, 0.2) is 0 Å². The number of fused-ring (bicyclic) bond motifs is 1. The molecule has 0 aliphatic heterocycles. The summed E-state index contributed by atoms with van der Waals surface area (Å²) >= 11 is 3.59. The molecule has 1 aliphatic carbocycles. The monoisotopic (exact) mass is 456 g/mol. The summed E-state index contributed by atoms with van der Waals surface area (Å²) in [6.45, 7) is 5.73. The Kier molecular flexibility index (Phi) is 4.81. The Balaban J connectivity index is 1.87. The zero-order valence-corrected chi connectivity index (χ0v) is 18.3. The molecule has 1 aromatic carbocycles. The minimum absolute atomic E-state index is 0.139. The standard InChI is InChI=1S/C24H17BrN4O/c1-12-4-6-16(20(25)8-12)21-7-5-15(30-21)9-17-13(2)18(10-26)23-22(17)14(3)19(11-27)24(28)29-23/h4-9H,1-3H3,(H2,28,29)/b17-9+. The number of aryl methyl sites for hydroxylation is 1. The number of nitriles is 2. The Morgan fingerprint density at radius 3 is 2.53 bits per heavy atom. The van der Waals surface area contributed by atoms with Crippen molar-refractivity contribution in [1.29, 1.82) is 10.5 Å². The third-order valence-electron chi connectivity index (χ3n) is 5.29. The largest absolute Gasteiger partial charge is 0.457 e. The molecule has 2 aromatic heterocycles. The van der Waals surface area contributed by atoms with Crippen LogP contribution in [0.25, 0.3) is 28.5 Å². The Morgan fingerprint density at radius 2 is 1.87 bits per heavy atom. The van der Waals surface area contributed by atoms with E-state index in [0.29, 0.717) is 28.2 Å². The molecule has 5 nitrogen and oxygen atoms in total. The van der Waals surface area contributed by atoms with Gasteiger partial charge in [0.1, 0.15) is 29.5 Å². The highest BCUT2D eigenvalue weighted by Gasteiger charge is 2.29. The lowest BCUT2D eigenvalue weighted by molar-refractivity contribution is 0.571. The molecule has 0 spiro atoms. The van der Waals surface area contributed by atoms with E-state index in [-0.39, 0.29) is 5.82 Å². The average Bonchev–Trinajstić information content (AvgIpc) is 3.25. The van der Waals surface area contributed by atoms with Crippen molar-refractivity contribution in [2.75, 3.05) is 5.73 Å². The van der Waals surface area contributed by atoms with Gasteiger partial charge in [-0.05, 0) is 73.4 Å². The van der Waals surface area contributed by atoms with Crippen LogP contribution in [-0.2, 0) is 0 Å². The topological polar surface area (TPSA) is 99.6 Å². The molecule has 0 amide bonds. The van der Waals surface area contributed by atoms with Gasteiger partial charge in [-0.2, -0.15) is 10.5 Å². The lowest BCUT2D eigenvalue weighted by Crippen LogP contribution is -2.03. The van der Waals surface area contributed by atoms with Crippen LogP contribution in [-0.4, -0.2) is 4.98 Å². The zero-order chi connectivity index (χ0) is 21.6. The van der Waals surface area contributed by atoms with E-state index in [0.717, 1.165) is 38.1 Å². The molecule has 30 heavy (non-hydrogen) atoms. The van der Waals surface area contributed by atoms with E-state index < -0.39 is 0 Å². The van der Waals surface area contributed by atoms with Crippen LogP contribution < -0.4 is 5.73 Å². The quantitative estimate of drug-likeness (QED) is 0.507. The third kappa shape index (κ3) is 3.03. The number of nitrogens with two attached hydrogens (primary N) is 1. The number of rotatable bonds is 2. The first-order valence-electron chi connectivity index (χ1n) is 9.26. The number of halogens is 1. The molecular weight excluding hydrogens is 440 g/mol. The summed E-state index contributed by atoms with van der Waals surface area (Å²) in [6.07, 6.45) is 1.89. The van der Waals surface area contributed by atoms with E-state index in [4.69, 9.17) is 10.2 Å². The number of pyridine rings is 1. The fraction of sp³-hybridized carbons (Fsp3) is 0.125. The fourth-order valence-electron chi connectivity index (χ4n) is 3.73. The highest BCUT2D eigenvalue weighted by atomic mass is 79.9. The first-order chi connectivity index (χ1) is 14.3. The molecule has 1 aliphatic rings. The van der Waals surface area contributed by atoms with E-state index >= 15 is 0 Å². The summed E-state index contributed by atoms with van der Waals surface area (Å²) in [5.74, 6) is 1.52. The van der Waals surface area contributed by atoms with Gasteiger partial charge in [0.05, 0.1) is 16.8 Å². The van der Waals surface area contributed by atoms with Crippen molar-refractivity contribution in [1.82, 2.24) is 4.98 Å². The fourth-order valence-corrected chi connectivity index (χ4v) is 4.42. The van der Waals surface area contributed by atoms with Gasteiger partial charge >= 0.3 is 0 Å². The van der Waals surface area contributed by atoms with E-state index in [1.165, 1.54) is 0 Å². The van der Waals surface area contributed by atoms with Gasteiger partial charge in [-0.25, -0.2) is 4.98 Å². The molecule has 0 bridgehead atoms. The van der Waals surface area contributed by atoms with Gasteiger partial charge in [-0.3, -0.25) is 0 Å². The molecule has 3 aromatic rings. The molecule has 146 valence electrons. The van der Waals surface area contributed by atoms with Crippen molar-refractivity contribution in [3.05, 3.63) is 74.1 Å². The molecule has 0 unspecified atom stereocenters. The maximum Gasteiger partial charge on any atom is 0.142 e. The van der Waals surface area contributed by atoms with Crippen LogP contribution in [0.3, 0.4) is 0 Å². The number of furan rings is 1. The van der Waals surface area contributed by atoms with Gasteiger partial charge in [0.2, 0.25) is 0 Å². The number of hydrogen-bond acceptors (Lipinski definition) is 5. The summed E-state index contributed by atoms with van der Waals surface area (Å²) in [7, 11) is 0. The van der Waals surface area contributed by atoms with Crippen LogP contribution in [0.4, 0.5) is 5.82 Å². The van der Waals surface area contributed by atoms with Crippen molar-refractivity contribution in [2.24, 2.45) is 0 Å². The number of benzene rings is 1. The second-order valence-electron chi connectivity index (χ2n) is 7.19. The number of nitrogen functional groups attached to an aromatic ring is 1. The molecule has 0 saturated carbocycles. The summed E-state index contributed by atoms with van der Waals surface area (Å²) in [4.78, 5) is 4.35. The smallest absolute Gasteiger partial charge is 0.142 e. The molecule has 0 atom stereocenters.